The Morgan fingerprint density at radius 1 is 1.50 bits per heavy atom. The summed E-state index contributed by atoms with van der Waals surface area (Å²) in [7, 11) is 0. The lowest BCUT2D eigenvalue weighted by Gasteiger charge is -1.86. The monoisotopic (exact) mass is 156 g/mol. The van der Waals surface area contributed by atoms with Crippen molar-refractivity contribution in [1.82, 2.24) is 0 Å². The summed E-state index contributed by atoms with van der Waals surface area (Å²) in [5.74, 6) is 0. The van der Waals surface area contributed by atoms with Crippen LogP contribution in [0.3, 0.4) is 0 Å². The number of hydrogen-bond donors (Lipinski definition) is 1. The maximum Gasteiger partial charge on any atom is 0.182 e. The number of aromatic hydroxyl groups is 1. The lowest BCUT2D eigenvalue weighted by Crippen LogP contribution is -1.79. The molecule has 0 amide bonds. The van der Waals surface area contributed by atoms with E-state index in [-0.39, 0.29) is 5.06 Å². The number of rotatable bonds is 1. The first kappa shape index (κ1) is 7.28. The fraction of sp³-hybridized carbons (Fsp3) is 0.286. The topological polar surface area (TPSA) is 37.3 Å². The lowest BCUT2D eigenvalue weighted by atomic mass is 10.2. The van der Waals surface area contributed by atoms with Crippen LogP contribution in [-0.2, 0) is 0 Å². The largest absolute Gasteiger partial charge is 0.499 e. The van der Waals surface area contributed by atoms with E-state index in [1.165, 1.54) is 11.3 Å². The van der Waals surface area contributed by atoms with Crippen LogP contribution < -0.4 is 0 Å². The predicted octanol–water partition coefficient (Wildman–Crippen LogP) is 1.88. The minimum atomic E-state index is 0.130. The van der Waals surface area contributed by atoms with E-state index in [0.29, 0.717) is 11.8 Å². The highest BCUT2D eigenvalue weighted by Crippen LogP contribution is 2.31. The van der Waals surface area contributed by atoms with Crippen LogP contribution in [0.4, 0.5) is 0 Å². The zero-order chi connectivity index (χ0) is 7.72. The molecule has 0 fully saturated rings. The SMILES string of the molecule is Cc1sc(O)c(C=O)c1C. The molecular formula is C7H8O2S. The molecule has 0 spiro atoms. The van der Waals surface area contributed by atoms with E-state index in [1.54, 1.807) is 0 Å². The standard InChI is InChI=1S/C7H8O2S/c1-4-5(2)10-7(9)6(4)3-8/h3,9H,1-2H3. The number of carbonyl (C=O) groups is 1. The first-order valence-electron chi connectivity index (χ1n) is 2.91. The molecule has 0 unspecified atom stereocenters. The molecule has 2 nitrogen and oxygen atoms in total. The Kier molecular flexibility index (Phi) is 1.76. The van der Waals surface area contributed by atoms with Crippen molar-refractivity contribution in [2.45, 2.75) is 13.8 Å². The van der Waals surface area contributed by atoms with E-state index >= 15 is 0 Å². The molecule has 0 aliphatic heterocycles. The number of carbonyl (C=O) groups excluding carboxylic acids is 1. The maximum absolute atomic E-state index is 10.3. The molecule has 1 aromatic rings. The molecule has 1 aromatic heterocycles. The van der Waals surface area contributed by atoms with Gasteiger partial charge in [-0.3, -0.25) is 4.79 Å². The Bertz CT molecular complexity index is 263. The summed E-state index contributed by atoms with van der Waals surface area (Å²) in [6.07, 6.45) is 0.689. The van der Waals surface area contributed by atoms with Gasteiger partial charge < -0.3 is 5.11 Å². The molecule has 10 heavy (non-hydrogen) atoms. The third kappa shape index (κ3) is 0.926. The van der Waals surface area contributed by atoms with E-state index in [0.717, 1.165) is 10.4 Å². The van der Waals surface area contributed by atoms with Gasteiger partial charge in [0, 0.05) is 4.88 Å². The van der Waals surface area contributed by atoms with Crippen LogP contribution in [0.2, 0.25) is 0 Å². The third-order valence-electron chi connectivity index (χ3n) is 1.53. The average Bonchev–Trinajstić information content (AvgIpc) is 2.09. The second-order valence-electron chi connectivity index (χ2n) is 2.12. The molecule has 0 saturated heterocycles. The highest BCUT2D eigenvalue weighted by atomic mass is 32.1. The Morgan fingerprint density at radius 3 is 2.30 bits per heavy atom. The molecule has 0 bridgehead atoms. The summed E-state index contributed by atoms with van der Waals surface area (Å²) < 4.78 is 0. The van der Waals surface area contributed by atoms with Crippen LogP contribution in [0.1, 0.15) is 20.8 Å². The van der Waals surface area contributed by atoms with Crippen molar-refractivity contribution in [3.05, 3.63) is 16.0 Å². The molecule has 0 aromatic carbocycles. The third-order valence-corrected chi connectivity index (χ3v) is 2.56. The second kappa shape index (κ2) is 2.42. The normalized spacial score (nSPS) is 9.80. The molecule has 54 valence electrons. The zero-order valence-electron chi connectivity index (χ0n) is 5.84. The maximum atomic E-state index is 10.3. The van der Waals surface area contributed by atoms with Gasteiger partial charge in [0.2, 0.25) is 0 Å². The highest BCUT2D eigenvalue weighted by molar-refractivity contribution is 7.14. The fourth-order valence-electron chi connectivity index (χ4n) is 0.765. The quantitative estimate of drug-likeness (QED) is 0.630. The van der Waals surface area contributed by atoms with Crippen LogP contribution >= 0.6 is 11.3 Å². The molecule has 1 rings (SSSR count). The first-order chi connectivity index (χ1) is 4.66. The van der Waals surface area contributed by atoms with Crippen molar-refractivity contribution in [1.29, 1.82) is 0 Å². The summed E-state index contributed by atoms with van der Waals surface area (Å²) in [6, 6.07) is 0. The van der Waals surface area contributed by atoms with E-state index in [1.807, 2.05) is 13.8 Å². The van der Waals surface area contributed by atoms with Crippen molar-refractivity contribution >= 4 is 17.6 Å². The molecule has 3 heteroatoms. The molecule has 0 saturated carbocycles. The van der Waals surface area contributed by atoms with Gasteiger partial charge in [-0.15, -0.1) is 11.3 Å². The van der Waals surface area contributed by atoms with Gasteiger partial charge in [0.1, 0.15) is 0 Å². The van der Waals surface area contributed by atoms with Gasteiger partial charge in [-0.05, 0) is 19.4 Å². The van der Waals surface area contributed by atoms with Crippen LogP contribution in [0.15, 0.2) is 0 Å². The number of thiophene rings is 1. The number of aryl methyl sites for hydroxylation is 1. The van der Waals surface area contributed by atoms with Crippen molar-refractivity contribution in [2.75, 3.05) is 0 Å². The second-order valence-corrected chi connectivity index (χ2v) is 3.32. The molecule has 1 N–H and O–H groups in total. The van der Waals surface area contributed by atoms with Gasteiger partial charge in [-0.2, -0.15) is 0 Å². The molecule has 0 aliphatic rings. The van der Waals surface area contributed by atoms with E-state index in [9.17, 15) is 4.79 Å². The van der Waals surface area contributed by atoms with Gasteiger partial charge in [0.05, 0.1) is 5.56 Å². The van der Waals surface area contributed by atoms with Crippen LogP contribution in [0.5, 0.6) is 5.06 Å². The summed E-state index contributed by atoms with van der Waals surface area (Å²) in [5.41, 5.74) is 1.32. The van der Waals surface area contributed by atoms with E-state index in [4.69, 9.17) is 5.11 Å². The predicted molar refractivity (Wildman–Crippen MR) is 40.8 cm³/mol. The lowest BCUT2D eigenvalue weighted by molar-refractivity contribution is 0.112. The molecule has 0 aliphatic carbocycles. The minimum absolute atomic E-state index is 0.130. The molecule has 0 radical (unpaired) electrons. The van der Waals surface area contributed by atoms with E-state index < -0.39 is 0 Å². The van der Waals surface area contributed by atoms with E-state index in [2.05, 4.69) is 0 Å². The Morgan fingerprint density at radius 2 is 2.10 bits per heavy atom. The van der Waals surface area contributed by atoms with Crippen molar-refractivity contribution in [2.24, 2.45) is 0 Å². The highest BCUT2D eigenvalue weighted by Gasteiger charge is 2.09. The van der Waals surface area contributed by atoms with Gasteiger partial charge in [-0.25, -0.2) is 0 Å². The smallest absolute Gasteiger partial charge is 0.182 e. The van der Waals surface area contributed by atoms with Crippen molar-refractivity contribution in [3.63, 3.8) is 0 Å². The molecular weight excluding hydrogens is 148 g/mol. The summed E-state index contributed by atoms with van der Waals surface area (Å²) in [4.78, 5) is 11.3. The number of hydrogen-bond acceptors (Lipinski definition) is 3. The van der Waals surface area contributed by atoms with Crippen LogP contribution in [0, 0.1) is 13.8 Å². The van der Waals surface area contributed by atoms with Crippen LogP contribution in [-0.4, -0.2) is 11.4 Å². The Balaban J connectivity index is 3.33. The van der Waals surface area contributed by atoms with Gasteiger partial charge >= 0.3 is 0 Å². The zero-order valence-corrected chi connectivity index (χ0v) is 6.66. The Labute approximate surface area is 63.1 Å². The minimum Gasteiger partial charge on any atom is -0.499 e. The van der Waals surface area contributed by atoms with Crippen LogP contribution in [0.25, 0.3) is 0 Å². The average molecular weight is 156 g/mol. The first-order valence-corrected chi connectivity index (χ1v) is 3.72. The van der Waals surface area contributed by atoms with Gasteiger partial charge in [0.15, 0.2) is 11.3 Å². The van der Waals surface area contributed by atoms with Crippen molar-refractivity contribution in [3.8, 4) is 5.06 Å². The van der Waals surface area contributed by atoms with Crippen molar-refractivity contribution < 1.29 is 9.90 Å². The number of aldehydes is 1. The Hall–Kier alpha value is -0.830. The fourth-order valence-corrected chi connectivity index (χ4v) is 1.63. The summed E-state index contributed by atoms with van der Waals surface area (Å²) >= 11 is 1.24. The molecule has 0 atom stereocenters. The van der Waals surface area contributed by atoms with Gasteiger partial charge in [-0.1, -0.05) is 0 Å². The summed E-state index contributed by atoms with van der Waals surface area (Å²) in [6.45, 7) is 3.71. The molecule has 1 heterocycles. The van der Waals surface area contributed by atoms with Gasteiger partial charge in [0.25, 0.3) is 0 Å². The summed E-state index contributed by atoms with van der Waals surface area (Å²) in [5, 5.41) is 9.23.